The van der Waals surface area contributed by atoms with E-state index in [4.69, 9.17) is 0 Å². The van der Waals surface area contributed by atoms with Gasteiger partial charge in [-0.2, -0.15) is 0 Å². The quantitative estimate of drug-likeness (QED) is 0.923. The first kappa shape index (κ1) is 15.2. The van der Waals surface area contributed by atoms with E-state index in [1.54, 1.807) is 31.8 Å². The van der Waals surface area contributed by atoms with E-state index in [9.17, 15) is 9.90 Å². The Labute approximate surface area is 124 Å². The third-order valence-electron chi connectivity index (χ3n) is 2.95. The number of rotatable bonds is 4. The lowest BCUT2D eigenvalue weighted by atomic mass is 10.1. The van der Waals surface area contributed by atoms with Gasteiger partial charge in [-0.3, -0.25) is 4.79 Å². The van der Waals surface area contributed by atoms with Crippen molar-refractivity contribution >= 4 is 5.91 Å². The van der Waals surface area contributed by atoms with Gasteiger partial charge in [-0.05, 0) is 38.5 Å². The predicted octanol–water partition coefficient (Wildman–Crippen LogP) is 1.42. The summed E-state index contributed by atoms with van der Waals surface area (Å²) in [6.07, 6.45) is 1.60. The van der Waals surface area contributed by atoms with E-state index in [2.05, 4.69) is 10.3 Å². The van der Waals surface area contributed by atoms with Gasteiger partial charge in [-0.1, -0.05) is 17.3 Å². The number of aromatic nitrogens is 3. The van der Waals surface area contributed by atoms with Crippen molar-refractivity contribution in [1.29, 1.82) is 0 Å². The first-order valence-corrected chi connectivity index (χ1v) is 6.73. The molecule has 0 aliphatic heterocycles. The van der Waals surface area contributed by atoms with Gasteiger partial charge in [0.2, 0.25) is 0 Å². The summed E-state index contributed by atoms with van der Waals surface area (Å²) in [7, 11) is 1.63. The summed E-state index contributed by atoms with van der Waals surface area (Å²) in [6.45, 7) is 5.52. The zero-order chi connectivity index (χ0) is 15.6. The van der Waals surface area contributed by atoms with Gasteiger partial charge in [0.25, 0.3) is 5.91 Å². The highest BCUT2D eigenvalue weighted by molar-refractivity contribution is 5.91. The Hall–Kier alpha value is -2.21. The Kier molecular flexibility index (Phi) is 4.09. The molecule has 0 saturated carbocycles. The van der Waals surface area contributed by atoms with Gasteiger partial charge < -0.3 is 10.0 Å². The van der Waals surface area contributed by atoms with Crippen molar-refractivity contribution in [2.24, 2.45) is 0 Å². The zero-order valence-corrected chi connectivity index (χ0v) is 12.7. The molecule has 6 nitrogen and oxygen atoms in total. The summed E-state index contributed by atoms with van der Waals surface area (Å²) >= 11 is 0. The van der Waals surface area contributed by atoms with Crippen LogP contribution in [0, 0.1) is 6.92 Å². The Morgan fingerprint density at radius 2 is 2.14 bits per heavy atom. The highest BCUT2D eigenvalue weighted by atomic mass is 16.3. The molecule has 1 heterocycles. The Balaban J connectivity index is 2.18. The predicted molar refractivity (Wildman–Crippen MR) is 79.4 cm³/mol. The number of amides is 1. The molecule has 6 heteroatoms. The molecule has 21 heavy (non-hydrogen) atoms. The fourth-order valence-corrected chi connectivity index (χ4v) is 2.11. The Morgan fingerprint density at radius 1 is 1.43 bits per heavy atom. The minimum absolute atomic E-state index is 0.225. The van der Waals surface area contributed by atoms with Crippen molar-refractivity contribution in [2.45, 2.75) is 26.4 Å². The second kappa shape index (κ2) is 5.65. The van der Waals surface area contributed by atoms with Crippen LogP contribution in [0.25, 0.3) is 5.69 Å². The number of aryl methyl sites for hydroxylation is 1. The number of hydrogen-bond acceptors (Lipinski definition) is 4. The van der Waals surface area contributed by atoms with Crippen LogP contribution < -0.4 is 0 Å². The largest absolute Gasteiger partial charge is 0.389 e. The highest BCUT2D eigenvalue weighted by Gasteiger charge is 2.22. The van der Waals surface area contributed by atoms with Crippen molar-refractivity contribution < 1.29 is 9.90 Å². The number of carbonyl (C=O) groups excluding carboxylic acids is 1. The lowest BCUT2D eigenvalue weighted by Gasteiger charge is -2.24. The summed E-state index contributed by atoms with van der Waals surface area (Å²) in [4.78, 5) is 13.7. The van der Waals surface area contributed by atoms with Gasteiger partial charge in [0, 0.05) is 13.6 Å². The smallest absolute Gasteiger partial charge is 0.275 e. The van der Waals surface area contributed by atoms with E-state index in [1.807, 2.05) is 31.2 Å². The SMILES string of the molecule is Cc1cccc(-n2cc(C(=O)N(C)CC(C)(C)O)nn2)c1. The molecule has 1 aromatic heterocycles. The molecule has 0 unspecified atom stereocenters. The van der Waals surface area contributed by atoms with Crippen molar-refractivity contribution in [3.63, 3.8) is 0 Å². The molecule has 0 saturated heterocycles. The highest BCUT2D eigenvalue weighted by Crippen LogP contribution is 2.11. The van der Waals surface area contributed by atoms with E-state index in [0.29, 0.717) is 0 Å². The zero-order valence-electron chi connectivity index (χ0n) is 12.7. The molecule has 0 spiro atoms. The van der Waals surface area contributed by atoms with Crippen molar-refractivity contribution in [1.82, 2.24) is 19.9 Å². The van der Waals surface area contributed by atoms with Crippen LogP contribution in [-0.2, 0) is 0 Å². The van der Waals surface area contributed by atoms with Crippen molar-refractivity contribution in [3.8, 4) is 5.69 Å². The number of hydrogen-bond donors (Lipinski definition) is 1. The first-order chi connectivity index (χ1) is 9.76. The second-order valence-electron chi connectivity index (χ2n) is 5.86. The summed E-state index contributed by atoms with van der Waals surface area (Å²) < 4.78 is 1.57. The molecule has 0 aliphatic rings. The normalized spacial score (nSPS) is 11.5. The summed E-state index contributed by atoms with van der Waals surface area (Å²) in [5.74, 6) is -0.268. The Bertz CT molecular complexity index is 643. The molecular formula is C15H20N4O2. The van der Waals surface area contributed by atoms with Crippen LogP contribution in [0.1, 0.15) is 29.9 Å². The molecule has 1 aromatic carbocycles. The Morgan fingerprint density at radius 3 is 2.76 bits per heavy atom. The number of aliphatic hydroxyl groups is 1. The maximum atomic E-state index is 12.2. The molecule has 1 amide bonds. The molecule has 112 valence electrons. The fraction of sp³-hybridized carbons (Fsp3) is 0.400. The molecule has 2 rings (SSSR count). The van der Waals surface area contributed by atoms with Crippen LogP contribution in [-0.4, -0.2) is 50.1 Å². The van der Waals surface area contributed by atoms with Gasteiger partial charge >= 0.3 is 0 Å². The maximum Gasteiger partial charge on any atom is 0.275 e. The summed E-state index contributed by atoms with van der Waals surface area (Å²) in [5, 5.41) is 17.7. The number of carbonyl (C=O) groups is 1. The topological polar surface area (TPSA) is 71.2 Å². The molecule has 0 atom stereocenters. The van der Waals surface area contributed by atoms with E-state index in [-0.39, 0.29) is 18.1 Å². The molecule has 0 fully saturated rings. The van der Waals surface area contributed by atoms with Crippen LogP contribution >= 0.6 is 0 Å². The average Bonchev–Trinajstić information content (AvgIpc) is 2.85. The third kappa shape index (κ3) is 3.88. The number of likely N-dealkylation sites (N-methyl/N-ethyl adjacent to an activating group) is 1. The van der Waals surface area contributed by atoms with Crippen LogP contribution in [0.5, 0.6) is 0 Å². The van der Waals surface area contributed by atoms with Crippen LogP contribution in [0.2, 0.25) is 0 Å². The summed E-state index contributed by atoms with van der Waals surface area (Å²) in [6, 6.07) is 7.78. The van der Waals surface area contributed by atoms with Crippen LogP contribution in [0.3, 0.4) is 0 Å². The summed E-state index contributed by atoms with van der Waals surface area (Å²) in [5.41, 5.74) is 1.27. The molecule has 2 aromatic rings. The molecule has 0 radical (unpaired) electrons. The molecule has 0 aliphatic carbocycles. The first-order valence-electron chi connectivity index (χ1n) is 6.73. The van der Waals surface area contributed by atoms with Crippen molar-refractivity contribution in [2.75, 3.05) is 13.6 Å². The molecular weight excluding hydrogens is 268 g/mol. The number of nitrogens with zero attached hydrogens (tertiary/aromatic N) is 4. The second-order valence-corrected chi connectivity index (χ2v) is 5.86. The standard InChI is InChI=1S/C15H20N4O2/c1-11-6-5-7-12(8-11)19-9-13(16-17-19)14(20)18(4)10-15(2,3)21/h5-9,21H,10H2,1-4H3. The minimum atomic E-state index is -0.947. The average molecular weight is 288 g/mol. The fourth-order valence-electron chi connectivity index (χ4n) is 2.11. The van der Waals surface area contributed by atoms with Gasteiger partial charge in [-0.15, -0.1) is 5.10 Å². The van der Waals surface area contributed by atoms with Gasteiger partial charge in [0.05, 0.1) is 17.5 Å². The third-order valence-corrected chi connectivity index (χ3v) is 2.95. The van der Waals surface area contributed by atoms with Gasteiger partial charge in [0.15, 0.2) is 5.69 Å². The molecule has 1 N–H and O–H groups in total. The van der Waals surface area contributed by atoms with E-state index in [0.717, 1.165) is 11.3 Å². The van der Waals surface area contributed by atoms with Gasteiger partial charge in [0.1, 0.15) is 0 Å². The maximum absolute atomic E-state index is 12.2. The number of benzene rings is 1. The van der Waals surface area contributed by atoms with E-state index < -0.39 is 5.60 Å². The minimum Gasteiger partial charge on any atom is -0.389 e. The van der Waals surface area contributed by atoms with E-state index >= 15 is 0 Å². The monoisotopic (exact) mass is 288 g/mol. The lowest BCUT2D eigenvalue weighted by Crippen LogP contribution is -2.39. The van der Waals surface area contributed by atoms with Gasteiger partial charge in [-0.25, -0.2) is 4.68 Å². The van der Waals surface area contributed by atoms with Crippen LogP contribution in [0.15, 0.2) is 30.5 Å². The van der Waals surface area contributed by atoms with Crippen LogP contribution in [0.4, 0.5) is 0 Å². The molecule has 0 bridgehead atoms. The van der Waals surface area contributed by atoms with Crippen molar-refractivity contribution in [3.05, 3.63) is 41.7 Å². The lowest BCUT2D eigenvalue weighted by molar-refractivity contribution is 0.0365. The van der Waals surface area contributed by atoms with E-state index in [1.165, 1.54) is 4.90 Å².